The molecule has 0 aliphatic carbocycles. The van der Waals surface area contributed by atoms with Crippen LogP contribution in [-0.2, 0) is 9.53 Å². The molecule has 4 nitrogen and oxygen atoms in total. The number of carbonyl (C=O) groups excluding carboxylic acids is 1. The van der Waals surface area contributed by atoms with Crippen molar-refractivity contribution in [2.75, 3.05) is 24.1 Å². The summed E-state index contributed by atoms with van der Waals surface area (Å²) in [7, 11) is 0. The highest BCUT2D eigenvalue weighted by molar-refractivity contribution is 6.29. The van der Waals surface area contributed by atoms with Gasteiger partial charge < -0.3 is 9.47 Å². The molecule has 21 heavy (non-hydrogen) atoms. The van der Waals surface area contributed by atoms with Gasteiger partial charge in [0.25, 0.3) is 0 Å². The third-order valence-electron chi connectivity index (χ3n) is 2.82. The van der Waals surface area contributed by atoms with Crippen LogP contribution in [-0.4, -0.2) is 31.2 Å². The van der Waals surface area contributed by atoms with Gasteiger partial charge in [0.1, 0.15) is 18.4 Å². The van der Waals surface area contributed by atoms with Crippen LogP contribution in [0.4, 0.5) is 5.69 Å². The van der Waals surface area contributed by atoms with Crippen molar-refractivity contribution in [2.24, 2.45) is 0 Å². The molecular weight excluding hydrogens is 290 g/mol. The van der Waals surface area contributed by atoms with Gasteiger partial charge in [-0.3, -0.25) is 9.69 Å². The first kappa shape index (κ1) is 17.8. The van der Waals surface area contributed by atoms with Crippen molar-refractivity contribution in [3.8, 4) is 5.75 Å². The monoisotopic (exact) mass is 313 g/mol. The van der Waals surface area contributed by atoms with E-state index in [0.29, 0.717) is 12.4 Å². The Labute approximate surface area is 132 Å². The molecule has 0 spiro atoms. The number of rotatable bonds is 8. The van der Waals surface area contributed by atoms with E-state index in [1.54, 1.807) is 4.90 Å². The third kappa shape index (κ3) is 5.21. The number of amides is 1. The summed E-state index contributed by atoms with van der Waals surface area (Å²) in [6, 6.07) is 5.71. The fraction of sp³-hybridized carbons (Fsp3) is 0.562. The van der Waals surface area contributed by atoms with Crippen LogP contribution in [0.2, 0.25) is 0 Å². The zero-order valence-corrected chi connectivity index (χ0v) is 13.9. The van der Waals surface area contributed by atoms with E-state index in [0.717, 1.165) is 17.7 Å². The Kier molecular flexibility index (Phi) is 7.54. The van der Waals surface area contributed by atoms with Crippen molar-refractivity contribution < 1.29 is 14.3 Å². The maximum Gasteiger partial charge on any atom is 0.243 e. The summed E-state index contributed by atoms with van der Waals surface area (Å²) in [5.74, 6) is 0.379. The van der Waals surface area contributed by atoms with Crippen molar-refractivity contribution in [2.45, 2.75) is 40.2 Å². The van der Waals surface area contributed by atoms with E-state index < -0.39 is 0 Å². The Balaban J connectivity index is 3.12. The molecule has 0 fully saturated rings. The fourth-order valence-electron chi connectivity index (χ4n) is 1.96. The first-order chi connectivity index (χ1) is 10.0. The SMILES string of the molecule is CCCOCN(C(=O)CCl)c1c(C)cccc1OC(C)C. The normalized spacial score (nSPS) is 10.8. The van der Waals surface area contributed by atoms with Crippen LogP contribution >= 0.6 is 11.6 Å². The molecule has 1 aromatic rings. The third-order valence-corrected chi connectivity index (χ3v) is 3.05. The molecule has 0 bridgehead atoms. The lowest BCUT2D eigenvalue weighted by Crippen LogP contribution is -2.35. The molecule has 1 amide bonds. The van der Waals surface area contributed by atoms with E-state index >= 15 is 0 Å². The lowest BCUT2D eigenvalue weighted by molar-refractivity contribution is -0.117. The number of nitrogens with zero attached hydrogens (tertiary/aromatic N) is 1. The molecule has 0 unspecified atom stereocenters. The minimum atomic E-state index is -0.198. The van der Waals surface area contributed by atoms with Gasteiger partial charge >= 0.3 is 0 Å². The largest absolute Gasteiger partial charge is 0.489 e. The van der Waals surface area contributed by atoms with Crippen LogP contribution in [0.3, 0.4) is 0 Å². The molecule has 0 aliphatic rings. The van der Waals surface area contributed by atoms with E-state index in [4.69, 9.17) is 21.1 Å². The first-order valence-corrected chi connectivity index (χ1v) is 7.75. The minimum absolute atomic E-state index is 0.0232. The topological polar surface area (TPSA) is 38.8 Å². The summed E-state index contributed by atoms with van der Waals surface area (Å²) < 4.78 is 11.3. The van der Waals surface area contributed by atoms with Gasteiger partial charge in [-0.25, -0.2) is 0 Å². The molecule has 0 aliphatic heterocycles. The standard InChI is InChI=1S/C16H24ClNO3/c1-5-9-20-11-18(15(19)10-17)16-13(4)7-6-8-14(16)21-12(2)3/h6-8,12H,5,9-11H2,1-4H3. The molecule has 0 saturated heterocycles. The summed E-state index contributed by atoms with van der Waals surface area (Å²) in [6.45, 7) is 8.64. The molecule has 5 heteroatoms. The van der Waals surface area contributed by atoms with E-state index in [-0.39, 0.29) is 24.6 Å². The van der Waals surface area contributed by atoms with E-state index in [2.05, 4.69) is 0 Å². The quantitative estimate of drug-likeness (QED) is 0.417. The zero-order valence-electron chi connectivity index (χ0n) is 13.2. The maximum atomic E-state index is 12.2. The summed E-state index contributed by atoms with van der Waals surface area (Å²) >= 11 is 5.73. The molecule has 118 valence electrons. The number of hydrogen-bond donors (Lipinski definition) is 0. The Morgan fingerprint density at radius 1 is 1.38 bits per heavy atom. The summed E-state index contributed by atoms with van der Waals surface area (Å²) in [5, 5.41) is 0. The Hall–Kier alpha value is -1.26. The summed E-state index contributed by atoms with van der Waals surface area (Å²) in [5.41, 5.74) is 1.68. The van der Waals surface area contributed by atoms with Gasteiger partial charge in [0.15, 0.2) is 0 Å². The van der Waals surface area contributed by atoms with Gasteiger partial charge in [-0.15, -0.1) is 11.6 Å². The van der Waals surface area contributed by atoms with Crippen molar-refractivity contribution in [1.82, 2.24) is 0 Å². The number of carbonyl (C=O) groups is 1. The average Bonchev–Trinajstić information content (AvgIpc) is 2.44. The highest BCUT2D eigenvalue weighted by atomic mass is 35.5. The molecule has 0 aromatic heterocycles. The molecule has 0 N–H and O–H groups in total. The lowest BCUT2D eigenvalue weighted by Gasteiger charge is -2.26. The van der Waals surface area contributed by atoms with Crippen LogP contribution < -0.4 is 9.64 Å². The summed E-state index contributed by atoms with van der Waals surface area (Å²) in [6.07, 6.45) is 0.918. The number of alkyl halides is 1. The van der Waals surface area contributed by atoms with Crippen LogP contribution in [0.25, 0.3) is 0 Å². The predicted molar refractivity (Wildman–Crippen MR) is 86.3 cm³/mol. The van der Waals surface area contributed by atoms with Crippen LogP contribution in [0.5, 0.6) is 5.75 Å². The van der Waals surface area contributed by atoms with Crippen molar-refractivity contribution in [3.63, 3.8) is 0 Å². The van der Waals surface area contributed by atoms with Crippen LogP contribution in [0.15, 0.2) is 18.2 Å². The summed E-state index contributed by atoms with van der Waals surface area (Å²) in [4.78, 5) is 13.7. The molecule has 0 saturated carbocycles. The number of aryl methyl sites for hydroxylation is 1. The Bertz CT molecular complexity index is 463. The highest BCUT2D eigenvalue weighted by Gasteiger charge is 2.21. The van der Waals surface area contributed by atoms with Gasteiger partial charge in [-0.1, -0.05) is 19.1 Å². The van der Waals surface area contributed by atoms with Gasteiger partial charge in [-0.2, -0.15) is 0 Å². The Morgan fingerprint density at radius 3 is 2.67 bits per heavy atom. The molecule has 1 rings (SSSR count). The second kappa shape index (κ2) is 8.90. The highest BCUT2D eigenvalue weighted by Crippen LogP contribution is 2.33. The van der Waals surface area contributed by atoms with Gasteiger partial charge in [-0.05, 0) is 38.8 Å². The van der Waals surface area contributed by atoms with Gasteiger partial charge in [0.05, 0.1) is 11.8 Å². The number of benzene rings is 1. The van der Waals surface area contributed by atoms with E-state index in [1.165, 1.54) is 0 Å². The molecular formula is C16H24ClNO3. The number of para-hydroxylation sites is 1. The van der Waals surface area contributed by atoms with Crippen molar-refractivity contribution >= 4 is 23.2 Å². The average molecular weight is 314 g/mol. The van der Waals surface area contributed by atoms with E-state index in [1.807, 2.05) is 45.9 Å². The van der Waals surface area contributed by atoms with Crippen molar-refractivity contribution in [3.05, 3.63) is 23.8 Å². The molecule has 1 aromatic carbocycles. The van der Waals surface area contributed by atoms with Crippen LogP contribution in [0.1, 0.15) is 32.8 Å². The molecule has 0 atom stereocenters. The van der Waals surface area contributed by atoms with Gasteiger partial charge in [0, 0.05) is 6.61 Å². The van der Waals surface area contributed by atoms with Gasteiger partial charge in [0.2, 0.25) is 5.91 Å². The number of ether oxygens (including phenoxy) is 2. The second-order valence-electron chi connectivity index (χ2n) is 5.08. The number of anilines is 1. The minimum Gasteiger partial charge on any atom is -0.489 e. The van der Waals surface area contributed by atoms with Crippen LogP contribution in [0, 0.1) is 6.92 Å². The fourth-order valence-corrected chi connectivity index (χ4v) is 2.10. The lowest BCUT2D eigenvalue weighted by atomic mass is 10.1. The number of hydrogen-bond acceptors (Lipinski definition) is 3. The second-order valence-corrected chi connectivity index (χ2v) is 5.35. The molecule has 0 radical (unpaired) electrons. The first-order valence-electron chi connectivity index (χ1n) is 7.21. The van der Waals surface area contributed by atoms with E-state index in [9.17, 15) is 4.79 Å². The Morgan fingerprint density at radius 2 is 2.10 bits per heavy atom. The predicted octanol–water partition coefficient (Wildman–Crippen LogP) is 3.74. The number of halogens is 1. The zero-order chi connectivity index (χ0) is 15.8. The maximum absolute atomic E-state index is 12.2. The van der Waals surface area contributed by atoms with Crippen molar-refractivity contribution in [1.29, 1.82) is 0 Å². The smallest absolute Gasteiger partial charge is 0.243 e. The molecule has 0 heterocycles.